The summed E-state index contributed by atoms with van der Waals surface area (Å²) in [6, 6.07) is 1.56. The molecule has 1 aromatic heterocycles. The molecule has 0 saturated carbocycles. The molecule has 0 atom stereocenters. The molecule has 11 heavy (non-hydrogen) atoms. The summed E-state index contributed by atoms with van der Waals surface area (Å²) in [6.07, 6.45) is 3.42. The Balaban J connectivity index is 3.26. The van der Waals surface area contributed by atoms with Gasteiger partial charge < -0.3 is 4.98 Å². The van der Waals surface area contributed by atoms with E-state index in [1.807, 2.05) is 20.8 Å². The molecule has 0 unspecified atom stereocenters. The first kappa shape index (κ1) is 8.05. The standard InChI is InChI=1S/C9H13NO/c1-9(2,3)7-6-10-5-4-8(7)11/h4-6H,1-3H3,(H,10,11). The zero-order valence-electron chi connectivity index (χ0n) is 7.14. The van der Waals surface area contributed by atoms with E-state index in [2.05, 4.69) is 4.98 Å². The Labute approximate surface area is 66.3 Å². The van der Waals surface area contributed by atoms with Crippen molar-refractivity contribution in [2.45, 2.75) is 26.2 Å². The average Bonchev–Trinajstić information content (AvgIpc) is 1.86. The van der Waals surface area contributed by atoms with Gasteiger partial charge in [-0.25, -0.2) is 0 Å². The van der Waals surface area contributed by atoms with E-state index in [4.69, 9.17) is 0 Å². The van der Waals surface area contributed by atoms with Gasteiger partial charge in [-0.15, -0.1) is 0 Å². The molecule has 1 N–H and O–H groups in total. The van der Waals surface area contributed by atoms with Crippen LogP contribution in [0.1, 0.15) is 26.3 Å². The molecule has 0 amide bonds. The maximum absolute atomic E-state index is 11.2. The second-order valence-corrected chi connectivity index (χ2v) is 3.67. The van der Waals surface area contributed by atoms with Gasteiger partial charge >= 0.3 is 0 Å². The molecular formula is C9H13NO. The first-order valence-corrected chi connectivity index (χ1v) is 3.69. The highest BCUT2D eigenvalue weighted by Gasteiger charge is 2.15. The van der Waals surface area contributed by atoms with Crippen LogP contribution in [-0.4, -0.2) is 4.98 Å². The first-order valence-electron chi connectivity index (χ1n) is 3.69. The summed E-state index contributed by atoms with van der Waals surface area (Å²) in [6.45, 7) is 6.08. The van der Waals surface area contributed by atoms with Crippen LogP contribution in [0.4, 0.5) is 0 Å². The van der Waals surface area contributed by atoms with Gasteiger partial charge in [0.25, 0.3) is 0 Å². The molecule has 0 aliphatic rings. The molecule has 60 valence electrons. The van der Waals surface area contributed by atoms with E-state index in [-0.39, 0.29) is 10.8 Å². The predicted octanol–water partition coefficient (Wildman–Crippen LogP) is 1.67. The van der Waals surface area contributed by atoms with Crippen molar-refractivity contribution in [1.29, 1.82) is 0 Å². The quantitative estimate of drug-likeness (QED) is 0.601. The van der Waals surface area contributed by atoms with Crippen LogP contribution in [0.15, 0.2) is 23.3 Å². The molecule has 0 spiro atoms. The van der Waals surface area contributed by atoms with Gasteiger partial charge in [-0.05, 0) is 5.41 Å². The summed E-state index contributed by atoms with van der Waals surface area (Å²) in [7, 11) is 0. The molecule has 1 aromatic rings. The van der Waals surface area contributed by atoms with Crippen molar-refractivity contribution in [3.8, 4) is 0 Å². The van der Waals surface area contributed by atoms with Crippen LogP contribution in [0.5, 0.6) is 0 Å². The maximum Gasteiger partial charge on any atom is 0.185 e. The van der Waals surface area contributed by atoms with E-state index < -0.39 is 0 Å². The number of hydrogen-bond acceptors (Lipinski definition) is 1. The Kier molecular flexibility index (Phi) is 1.85. The predicted molar refractivity (Wildman–Crippen MR) is 45.8 cm³/mol. The molecule has 0 aliphatic carbocycles. The molecule has 2 heteroatoms. The molecular weight excluding hydrogens is 138 g/mol. The number of hydrogen-bond donors (Lipinski definition) is 1. The van der Waals surface area contributed by atoms with Gasteiger partial charge in [0.15, 0.2) is 5.43 Å². The average molecular weight is 151 g/mol. The topological polar surface area (TPSA) is 32.9 Å². The van der Waals surface area contributed by atoms with Crippen LogP contribution in [-0.2, 0) is 5.41 Å². The summed E-state index contributed by atoms with van der Waals surface area (Å²) in [4.78, 5) is 14.2. The first-order chi connectivity index (χ1) is 5.02. The van der Waals surface area contributed by atoms with Crippen LogP contribution in [0.25, 0.3) is 0 Å². The highest BCUT2D eigenvalue weighted by Crippen LogP contribution is 2.16. The van der Waals surface area contributed by atoms with Crippen molar-refractivity contribution in [2.75, 3.05) is 0 Å². The minimum absolute atomic E-state index is 0.0607. The lowest BCUT2D eigenvalue weighted by Crippen LogP contribution is -2.21. The summed E-state index contributed by atoms with van der Waals surface area (Å²) >= 11 is 0. The fourth-order valence-corrected chi connectivity index (χ4v) is 1.00. The van der Waals surface area contributed by atoms with Crippen molar-refractivity contribution in [3.05, 3.63) is 34.2 Å². The molecule has 1 heterocycles. The van der Waals surface area contributed by atoms with Gasteiger partial charge in [0.2, 0.25) is 0 Å². The van der Waals surface area contributed by atoms with Gasteiger partial charge in [0.1, 0.15) is 0 Å². The van der Waals surface area contributed by atoms with Crippen molar-refractivity contribution in [1.82, 2.24) is 4.98 Å². The molecule has 0 radical (unpaired) electrons. The van der Waals surface area contributed by atoms with Gasteiger partial charge in [0.05, 0.1) is 0 Å². The Morgan fingerprint density at radius 1 is 1.36 bits per heavy atom. The number of pyridine rings is 1. The van der Waals surface area contributed by atoms with Crippen molar-refractivity contribution < 1.29 is 0 Å². The van der Waals surface area contributed by atoms with Crippen LogP contribution >= 0.6 is 0 Å². The largest absolute Gasteiger partial charge is 0.367 e. The van der Waals surface area contributed by atoms with Gasteiger partial charge in [0, 0.05) is 24.0 Å². The third-order valence-corrected chi connectivity index (χ3v) is 1.63. The highest BCUT2D eigenvalue weighted by atomic mass is 16.1. The van der Waals surface area contributed by atoms with E-state index in [1.165, 1.54) is 0 Å². The number of nitrogens with one attached hydrogen (secondary N) is 1. The molecule has 0 fully saturated rings. The Morgan fingerprint density at radius 2 is 2.00 bits per heavy atom. The number of aromatic amines is 1. The Hall–Kier alpha value is -1.05. The fourth-order valence-electron chi connectivity index (χ4n) is 1.00. The number of H-pyrrole nitrogens is 1. The van der Waals surface area contributed by atoms with Crippen LogP contribution in [0, 0.1) is 0 Å². The smallest absolute Gasteiger partial charge is 0.185 e. The van der Waals surface area contributed by atoms with E-state index in [9.17, 15) is 4.79 Å². The van der Waals surface area contributed by atoms with E-state index in [0.717, 1.165) is 5.56 Å². The van der Waals surface area contributed by atoms with Crippen LogP contribution < -0.4 is 5.43 Å². The summed E-state index contributed by atoms with van der Waals surface area (Å²) in [5.74, 6) is 0. The lowest BCUT2D eigenvalue weighted by atomic mass is 9.88. The Bertz CT molecular complexity index is 293. The molecule has 0 aliphatic heterocycles. The van der Waals surface area contributed by atoms with Gasteiger partial charge in [-0.1, -0.05) is 20.8 Å². The van der Waals surface area contributed by atoms with E-state index in [0.29, 0.717) is 0 Å². The SMILES string of the molecule is CC(C)(C)c1c[nH]ccc1=O. The zero-order valence-corrected chi connectivity index (χ0v) is 7.14. The molecule has 0 aromatic carbocycles. The Morgan fingerprint density at radius 3 is 2.36 bits per heavy atom. The molecule has 0 saturated heterocycles. The van der Waals surface area contributed by atoms with Gasteiger partial charge in [-0.3, -0.25) is 4.79 Å². The monoisotopic (exact) mass is 151 g/mol. The van der Waals surface area contributed by atoms with Crippen molar-refractivity contribution in [3.63, 3.8) is 0 Å². The second kappa shape index (κ2) is 2.53. The lowest BCUT2D eigenvalue weighted by Gasteiger charge is -2.16. The molecule has 1 rings (SSSR count). The minimum atomic E-state index is -0.0607. The molecule has 0 bridgehead atoms. The van der Waals surface area contributed by atoms with E-state index >= 15 is 0 Å². The fraction of sp³-hybridized carbons (Fsp3) is 0.444. The third-order valence-electron chi connectivity index (χ3n) is 1.63. The third kappa shape index (κ3) is 1.70. The number of aromatic nitrogens is 1. The minimum Gasteiger partial charge on any atom is -0.367 e. The lowest BCUT2D eigenvalue weighted by molar-refractivity contribution is 0.582. The van der Waals surface area contributed by atoms with Crippen molar-refractivity contribution >= 4 is 0 Å². The summed E-state index contributed by atoms with van der Waals surface area (Å²) in [5, 5.41) is 0. The normalized spacial score (nSPS) is 11.5. The maximum atomic E-state index is 11.2. The highest BCUT2D eigenvalue weighted by molar-refractivity contribution is 5.18. The van der Waals surface area contributed by atoms with Gasteiger partial charge in [-0.2, -0.15) is 0 Å². The van der Waals surface area contributed by atoms with Crippen LogP contribution in [0.3, 0.4) is 0 Å². The second-order valence-electron chi connectivity index (χ2n) is 3.67. The summed E-state index contributed by atoms with van der Waals surface area (Å²) in [5.41, 5.74) is 0.880. The zero-order chi connectivity index (χ0) is 8.48. The molecule has 2 nitrogen and oxygen atoms in total. The van der Waals surface area contributed by atoms with E-state index in [1.54, 1.807) is 18.5 Å². The van der Waals surface area contributed by atoms with Crippen LogP contribution in [0.2, 0.25) is 0 Å². The summed E-state index contributed by atoms with van der Waals surface area (Å²) < 4.78 is 0. The van der Waals surface area contributed by atoms with Crippen molar-refractivity contribution in [2.24, 2.45) is 0 Å². The number of rotatable bonds is 0.